The Bertz CT molecular complexity index is 1100. The van der Waals surface area contributed by atoms with E-state index in [0.717, 1.165) is 6.42 Å². The van der Waals surface area contributed by atoms with E-state index in [-0.39, 0.29) is 34.1 Å². The number of nitriles is 1. The topological polar surface area (TPSA) is 35.8 Å². The van der Waals surface area contributed by atoms with Crippen molar-refractivity contribution in [1.82, 2.24) is 5.32 Å². The molecule has 2 nitrogen and oxygen atoms in total. The molecule has 0 bridgehead atoms. The van der Waals surface area contributed by atoms with Gasteiger partial charge in [0.1, 0.15) is 11.6 Å². The Hall–Kier alpha value is -2.45. The number of nitrogens with zero attached hydrogens (tertiary/aromatic N) is 1. The Morgan fingerprint density at radius 2 is 1.70 bits per heavy atom. The smallest absolute Gasteiger partial charge is 0.145 e. The van der Waals surface area contributed by atoms with Gasteiger partial charge in [-0.3, -0.25) is 0 Å². The van der Waals surface area contributed by atoms with E-state index in [9.17, 15) is 14.0 Å². The molecule has 1 aliphatic rings. The summed E-state index contributed by atoms with van der Waals surface area (Å²) >= 11 is 11.3. The quantitative estimate of drug-likeness (QED) is 0.413. The van der Waals surface area contributed by atoms with Crippen molar-refractivity contribution in [3.8, 4) is 6.07 Å². The number of hydrogen-bond donors (Lipinski definition) is 1. The molecular formula is C27H26Cl2F2N2. The Balaban J connectivity index is 0.000000323. The van der Waals surface area contributed by atoms with E-state index in [0.29, 0.717) is 17.1 Å². The average molecular weight is 487 g/mol. The molecule has 0 amide bonds. The van der Waals surface area contributed by atoms with Gasteiger partial charge in [0, 0.05) is 23.5 Å². The van der Waals surface area contributed by atoms with Crippen LogP contribution in [0.5, 0.6) is 0 Å². The van der Waals surface area contributed by atoms with Crippen molar-refractivity contribution in [3.63, 3.8) is 0 Å². The molecule has 0 aromatic heterocycles. The van der Waals surface area contributed by atoms with Crippen molar-refractivity contribution in [2.75, 3.05) is 6.54 Å². The molecule has 3 unspecified atom stereocenters. The minimum Gasteiger partial charge on any atom is -0.312 e. The van der Waals surface area contributed by atoms with Crippen molar-refractivity contribution in [2.24, 2.45) is 5.92 Å². The van der Waals surface area contributed by atoms with Crippen LogP contribution in [0.15, 0.2) is 72.8 Å². The van der Waals surface area contributed by atoms with Gasteiger partial charge in [-0.25, -0.2) is 8.78 Å². The lowest BCUT2D eigenvalue weighted by Gasteiger charge is -2.30. The van der Waals surface area contributed by atoms with Crippen molar-refractivity contribution < 1.29 is 8.78 Å². The first-order valence-corrected chi connectivity index (χ1v) is 11.5. The Labute approximate surface area is 204 Å². The van der Waals surface area contributed by atoms with Gasteiger partial charge in [0.15, 0.2) is 0 Å². The molecule has 3 atom stereocenters. The summed E-state index contributed by atoms with van der Waals surface area (Å²) in [5.41, 5.74) is 1.70. The van der Waals surface area contributed by atoms with Gasteiger partial charge >= 0.3 is 0 Å². The maximum absolute atomic E-state index is 14.4. The maximum Gasteiger partial charge on any atom is 0.145 e. The van der Waals surface area contributed by atoms with Crippen molar-refractivity contribution in [2.45, 2.75) is 37.6 Å². The van der Waals surface area contributed by atoms with Gasteiger partial charge in [-0.15, -0.1) is 0 Å². The largest absolute Gasteiger partial charge is 0.312 e. The molecule has 0 radical (unpaired) electrons. The zero-order chi connectivity index (χ0) is 24.0. The molecule has 6 heteroatoms. The van der Waals surface area contributed by atoms with Gasteiger partial charge < -0.3 is 5.32 Å². The lowest BCUT2D eigenvalue weighted by Crippen LogP contribution is -2.34. The molecule has 0 spiro atoms. The second-order valence-electron chi connectivity index (χ2n) is 8.81. The first kappa shape index (κ1) is 25.2. The molecule has 172 valence electrons. The van der Waals surface area contributed by atoms with Crippen molar-refractivity contribution in [3.05, 3.63) is 106 Å². The molecule has 3 aromatic carbocycles. The van der Waals surface area contributed by atoms with E-state index in [4.69, 9.17) is 23.2 Å². The number of rotatable bonds is 4. The fourth-order valence-electron chi connectivity index (χ4n) is 4.32. The summed E-state index contributed by atoms with van der Waals surface area (Å²) in [5.74, 6) is -1.16. The maximum atomic E-state index is 14.4. The summed E-state index contributed by atoms with van der Waals surface area (Å²) in [4.78, 5) is 0. The second-order valence-corrected chi connectivity index (χ2v) is 9.66. The first-order valence-electron chi connectivity index (χ1n) is 10.8. The SMILES string of the molecule is CC(C)(CC1NCC(c2cccc(Cl)c2F)C1C#N)c1ccccc1.Fc1cccc(Cl)c1. The lowest BCUT2D eigenvalue weighted by molar-refractivity contribution is 0.367. The van der Waals surface area contributed by atoms with Crippen LogP contribution in [0, 0.1) is 28.9 Å². The Kier molecular flexibility index (Phi) is 8.48. The highest BCUT2D eigenvalue weighted by Crippen LogP contribution is 2.39. The summed E-state index contributed by atoms with van der Waals surface area (Å²) in [6.45, 7) is 4.96. The third-order valence-corrected chi connectivity index (χ3v) is 6.60. The number of halogens is 4. The highest BCUT2D eigenvalue weighted by molar-refractivity contribution is 6.31. The Morgan fingerprint density at radius 1 is 1.00 bits per heavy atom. The van der Waals surface area contributed by atoms with E-state index in [2.05, 4.69) is 37.4 Å². The van der Waals surface area contributed by atoms with Gasteiger partial charge in [0.25, 0.3) is 0 Å². The summed E-state index contributed by atoms with van der Waals surface area (Å²) in [5, 5.41) is 13.7. The average Bonchev–Trinajstić information content (AvgIpc) is 3.18. The molecule has 4 rings (SSSR count). The molecule has 1 N–H and O–H groups in total. The van der Waals surface area contributed by atoms with Crippen LogP contribution in [0.2, 0.25) is 10.0 Å². The number of hydrogen-bond acceptors (Lipinski definition) is 2. The number of benzene rings is 3. The molecular weight excluding hydrogens is 461 g/mol. The summed E-state index contributed by atoms with van der Waals surface area (Å²) < 4.78 is 26.5. The summed E-state index contributed by atoms with van der Waals surface area (Å²) in [6, 6.07) is 23.6. The predicted octanol–water partition coefficient (Wildman–Crippen LogP) is 7.52. The number of nitrogens with one attached hydrogen (secondary N) is 1. The minimum absolute atomic E-state index is 0.0172. The van der Waals surface area contributed by atoms with Gasteiger partial charge in [-0.05, 0) is 47.2 Å². The summed E-state index contributed by atoms with van der Waals surface area (Å²) in [7, 11) is 0. The summed E-state index contributed by atoms with van der Waals surface area (Å²) in [6.07, 6.45) is 0.813. The highest BCUT2D eigenvalue weighted by atomic mass is 35.5. The van der Waals surface area contributed by atoms with Gasteiger partial charge in [0.05, 0.1) is 17.0 Å². The fourth-order valence-corrected chi connectivity index (χ4v) is 4.68. The normalized spacial score (nSPS) is 20.0. The zero-order valence-corrected chi connectivity index (χ0v) is 20.0. The molecule has 0 aliphatic carbocycles. The van der Waals surface area contributed by atoms with E-state index >= 15 is 0 Å². The molecule has 1 heterocycles. The molecule has 1 aliphatic heterocycles. The van der Waals surface area contributed by atoms with E-state index < -0.39 is 5.82 Å². The van der Waals surface area contributed by atoms with Crippen LogP contribution in [0.1, 0.15) is 37.3 Å². The highest BCUT2D eigenvalue weighted by Gasteiger charge is 2.41. The molecule has 1 fully saturated rings. The lowest BCUT2D eigenvalue weighted by atomic mass is 9.75. The Morgan fingerprint density at radius 3 is 2.30 bits per heavy atom. The first-order chi connectivity index (χ1) is 15.7. The minimum atomic E-state index is -0.404. The van der Waals surface area contributed by atoms with E-state index in [1.54, 1.807) is 30.3 Å². The van der Waals surface area contributed by atoms with Crippen LogP contribution < -0.4 is 5.32 Å². The van der Waals surface area contributed by atoms with Crippen LogP contribution in [0.4, 0.5) is 8.78 Å². The van der Waals surface area contributed by atoms with E-state index in [1.165, 1.54) is 17.7 Å². The second kappa shape index (κ2) is 11.1. The molecule has 33 heavy (non-hydrogen) atoms. The third kappa shape index (κ3) is 6.32. The van der Waals surface area contributed by atoms with Gasteiger partial charge in [-0.2, -0.15) is 5.26 Å². The van der Waals surface area contributed by atoms with Crippen LogP contribution >= 0.6 is 23.2 Å². The third-order valence-electron chi connectivity index (χ3n) is 6.07. The van der Waals surface area contributed by atoms with Crippen LogP contribution in [-0.2, 0) is 5.41 Å². The van der Waals surface area contributed by atoms with Crippen LogP contribution in [0.25, 0.3) is 0 Å². The standard InChI is InChI=1S/C21H22ClFN2.C6H4ClF/c1-21(2,14-7-4-3-5-8-14)11-19-16(12-24)17(13-25-19)15-9-6-10-18(22)20(15)23;7-5-2-1-3-6(8)4-5/h3-10,16-17,19,25H,11,13H2,1-2H3;1-4H. The predicted molar refractivity (Wildman–Crippen MR) is 131 cm³/mol. The molecule has 1 saturated heterocycles. The van der Waals surface area contributed by atoms with E-state index in [1.807, 2.05) is 18.2 Å². The molecule has 0 saturated carbocycles. The zero-order valence-electron chi connectivity index (χ0n) is 18.5. The van der Waals surface area contributed by atoms with Crippen LogP contribution in [0.3, 0.4) is 0 Å². The van der Waals surface area contributed by atoms with Crippen molar-refractivity contribution in [1.29, 1.82) is 5.26 Å². The van der Waals surface area contributed by atoms with Gasteiger partial charge in [0.2, 0.25) is 0 Å². The fraction of sp³-hybridized carbons (Fsp3) is 0.296. The van der Waals surface area contributed by atoms with Crippen LogP contribution in [-0.4, -0.2) is 12.6 Å². The van der Waals surface area contributed by atoms with Crippen molar-refractivity contribution >= 4 is 23.2 Å². The van der Waals surface area contributed by atoms with Gasteiger partial charge in [-0.1, -0.05) is 85.6 Å². The monoisotopic (exact) mass is 486 g/mol. The molecule has 3 aromatic rings.